The standard InChI is InChI=1S/C31H44BrN3O2/c1-6-18-34(8-3)31(37)23(7-2)20-33(5)27-19-25-29-24(21(27)4)14-11-15-26(29)35(30(25)32)28(36)17-16-22-12-9-10-13-22/h7,11,14-15,21-23,27H,2,6,8-10,12-13,16-20H2,1,3-5H3/t21?,23-,27-/m1/s1. The third kappa shape index (κ3) is 5.61. The van der Waals surface area contributed by atoms with Crippen LogP contribution in [0.2, 0.25) is 0 Å². The number of carbonyl (C=O) groups excluding carboxylic acids is 2. The van der Waals surface area contributed by atoms with Crippen molar-refractivity contribution >= 4 is 38.6 Å². The minimum absolute atomic E-state index is 0.164. The van der Waals surface area contributed by atoms with Crippen LogP contribution in [0.3, 0.4) is 0 Å². The smallest absolute Gasteiger partial charge is 0.231 e. The number of benzene rings is 1. The summed E-state index contributed by atoms with van der Waals surface area (Å²) in [6.45, 7) is 12.6. The van der Waals surface area contributed by atoms with Crippen LogP contribution >= 0.6 is 15.9 Å². The number of nitrogens with zero attached hydrogens (tertiary/aromatic N) is 3. The molecule has 1 fully saturated rings. The molecule has 2 aromatic rings. The summed E-state index contributed by atoms with van der Waals surface area (Å²) in [5.74, 6) is 1.12. The van der Waals surface area contributed by atoms with Crippen molar-refractivity contribution in [2.24, 2.45) is 11.8 Å². The van der Waals surface area contributed by atoms with Crippen molar-refractivity contribution < 1.29 is 9.59 Å². The first-order valence-electron chi connectivity index (χ1n) is 14.3. The van der Waals surface area contributed by atoms with Gasteiger partial charge in [-0.1, -0.05) is 57.7 Å². The highest BCUT2D eigenvalue weighted by Crippen LogP contribution is 2.43. The Kier molecular flexibility index (Phi) is 9.33. The zero-order valence-corrected chi connectivity index (χ0v) is 24.7. The van der Waals surface area contributed by atoms with Gasteiger partial charge in [-0.25, -0.2) is 0 Å². The van der Waals surface area contributed by atoms with Crippen LogP contribution in [0.4, 0.5) is 0 Å². The first-order valence-corrected chi connectivity index (χ1v) is 15.1. The highest BCUT2D eigenvalue weighted by atomic mass is 79.9. The summed E-state index contributed by atoms with van der Waals surface area (Å²) < 4.78 is 2.84. The lowest BCUT2D eigenvalue weighted by molar-refractivity contribution is -0.134. The second kappa shape index (κ2) is 12.3. The molecule has 0 spiro atoms. The quantitative estimate of drug-likeness (QED) is 0.273. The maximum atomic E-state index is 13.5. The van der Waals surface area contributed by atoms with Gasteiger partial charge in [0.25, 0.3) is 0 Å². The highest BCUT2D eigenvalue weighted by Gasteiger charge is 2.36. The van der Waals surface area contributed by atoms with E-state index in [2.05, 4.69) is 66.5 Å². The predicted molar refractivity (Wildman–Crippen MR) is 156 cm³/mol. The van der Waals surface area contributed by atoms with Crippen molar-refractivity contribution in [1.82, 2.24) is 14.4 Å². The Bertz CT molecular complexity index is 1130. The van der Waals surface area contributed by atoms with Gasteiger partial charge >= 0.3 is 0 Å². The van der Waals surface area contributed by atoms with Crippen LogP contribution in [-0.4, -0.2) is 58.9 Å². The number of halogens is 1. The molecule has 1 unspecified atom stereocenters. The molecule has 2 aliphatic carbocycles. The minimum Gasteiger partial charge on any atom is -0.342 e. The van der Waals surface area contributed by atoms with Gasteiger partial charge in [-0.05, 0) is 78.2 Å². The van der Waals surface area contributed by atoms with Crippen LogP contribution in [0.5, 0.6) is 0 Å². The summed E-state index contributed by atoms with van der Waals surface area (Å²) in [5, 5.41) is 1.23. The van der Waals surface area contributed by atoms with E-state index in [4.69, 9.17) is 0 Å². The lowest BCUT2D eigenvalue weighted by Crippen LogP contribution is -2.45. The molecule has 0 saturated heterocycles. The maximum absolute atomic E-state index is 13.5. The van der Waals surface area contributed by atoms with E-state index in [-0.39, 0.29) is 29.7 Å². The third-order valence-corrected chi connectivity index (χ3v) is 9.71. The Morgan fingerprint density at radius 1 is 1.24 bits per heavy atom. The second-order valence-corrected chi connectivity index (χ2v) is 11.9. The van der Waals surface area contributed by atoms with Crippen molar-refractivity contribution in [3.63, 3.8) is 0 Å². The average molecular weight is 571 g/mol. The van der Waals surface area contributed by atoms with Crippen LogP contribution in [0.1, 0.15) is 87.6 Å². The van der Waals surface area contributed by atoms with Crippen LogP contribution < -0.4 is 0 Å². The zero-order valence-electron chi connectivity index (χ0n) is 23.1. The summed E-state index contributed by atoms with van der Waals surface area (Å²) in [6.07, 6.45) is 10.4. The molecule has 2 aliphatic rings. The minimum atomic E-state index is -0.230. The predicted octanol–water partition coefficient (Wildman–Crippen LogP) is 7.04. The zero-order chi connectivity index (χ0) is 26.7. The number of hydrogen-bond acceptors (Lipinski definition) is 3. The van der Waals surface area contributed by atoms with Gasteiger partial charge in [0, 0.05) is 37.5 Å². The van der Waals surface area contributed by atoms with Crippen molar-refractivity contribution in [1.29, 1.82) is 0 Å². The van der Waals surface area contributed by atoms with Gasteiger partial charge in [-0.3, -0.25) is 14.2 Å². The molecule has 1 aromatic carbocycles. The molecule has 1 heterocycles. The average Bonchev–Trinajstić information content (AvgIpc) is 3.52. The summed E-state index contributed by atoms with van der Waals surface area (Å²) in [6, 6.07) is 6.63. The molecular weight excluding hydrogens is 526 g/mol. The van der Waals surface area contributed by atoms with E-state index in [0.29, 0.717) is 18.9 Å². The molecule has 1 amide bonds. The summed E-state index contributed by atoms with van der Waals surface area (Å²) in [7, 11) is 2.13. The van der Waals surface area contributed by atoms with E-state index in [0.717, 1.165) is 42.5 Å². The van der Waals surface area contributed by atoms with Gasteiger partial charge in [-0.2, -0.15) is 0 Å². The molecule has 202 valence electrons. The lowest BCUT2D eigenvalue weighted by atomic mass is 9.80. The number of amides is 1. The van der Waals surface area contributed by atoms with Gasteiger partial charge in [-0.15, -0.1) is 6.58 Å². The molecule has 0 bridgehead atoms. The van der Waals surface area contributed by atoms with Crippen molar-refractivity contribution in [2.75, 3.05) is 26.7 Å². The van der Waals surface area contributed by atoms with E-state index in [1.807, 2.05) is 22.5 Å². The van der Waals surface area contributed by atoms with Crippen molar-refractivity contribution in [2.45, 2.75) is 84.1 Å². The number of aromatic nitrogens is 1. The number of likely N-dealkylation sites (N-methyl/N-ethyl adjacent to an activating group) is 1. The number of rotatable bonds is 11. The molecular formula is C31H44BrN3O2. The Labute approximate surface area is 231 Å². The van der Waals surface area contributed by atoms with E-state index >= 15 is 0 Å². The van der Waals surface area contributed by atoms with Gasteiger partial charge in [0.15, 0.2) is 0 Å². The second-order valence-electron chi connectivity index (χ2n) is 11.2. The van der Waals surface area contributed by atoms with Crippen LogP contribution in [-0.2, 0) is 11.2 Å². The van der Waals surface area contributed by atoms with E-state index in [1.54, 1.807) is 0 Å². The van der Waals surface area contributed by atoms with E-state index < -0.39 is 0 Å². The molecule has 0 N–H and O–H groups in total. The fourth-order valence-electron chi connectivity index (χ4n) is 6.72. The number of hydrogen-bond donors (Lipinski definition) is 0. The van der Waals surface area contributed by atoms with Gasteiger partial charge < -0.3 is 9.80 Å². The fraction of sp³-hybridized carbons (Fsp3) is 0.613. The molecule has 3 atom stereocenters. The topological polar surface area (TPSA) is 45.6 Å². The molecule has 1 saturated carbocycles. The van der Waals surface area contributed by atoms with Crippen molar-refractivity contribution in [3.05, 3.63) is 46.6 Å². The molecule has 0 aliphatic heterocycles. The van der Waals surface area contributed by atoms with Gasteiger partial charge in [0.2, 0.25) is 11.8 Å². The first kappa shape index (κ1) is 28.1. The van der Waals surface area contributed by atoms with Crippen LogP contribution in [0.15, 0.2) is 35.5 Å². The Balaban J connectivity index is 1.57. The van der Waals surface area contributed by atoms with Crippen LogP contribution in [0.25, 0.3) is 10.9 Å². The first-order chi connectivity index (χ1) is 17.8. The lowest BCUT2D eigenvalue weighted by Gasteiger charge is -2.38. The number of carbonyl (C=O) groups is 2. The monoisotopic (exact) mass is 569 g/mol. The van der Waals surface area contributed by atoms with E-state index in [9.17, 15) is 9.59 Å². The Hall–Kier alpha value is -1.92. The summed E-state index contributed by atoms with van der Waals surface area (Å²) >= 11 is 3.85. The molecule has 5 nitrogen and oxygen atoms in total. The molecule has 1 aromatic heterocycles. The largest absolute Gasteiger partial charge is 0.342 e. The van der Waals surface area contributed by atoms with Gasteiger partial charge in [0.1, 0.15) is 0 Å². The SMILES string of the molecule is C=C[C@H](CN(C)[C@@H]1Cc2c(Br)n(C(=O)CCC3CCCC3)c3cccc(c23)C1C)C(=O)N(CC)CCC. The molecule has 0 radical (unpaired) electrons. The third-order valence-electron chi connectivity index (χ3n) is 8.87. The highest BCUT2D eigenvalue weighted by molar-refractivity contribution is 9.10. The van der Waals surface area contributed by atoms with Crippen molar-refractivity contribution in [3.8, 4) is 0 Å². The Morgan fingerprint density at radius 2 is 1.97 bits per heavy atom. The summed E-state index contributed by atoms with van der Waals surface area (Å²) in [5.41, 5.74) is 3.54. The fourth-order valence-corrected chi connectivity index (χ4v) is 7.47. The normalized spacial score (nSPS) is 20.5. The maximum Gasteiger partial charge on any atom is 0.231 e. The Morgan fingerprint density at radius 3 is 2.62 bits per heavy atom. The van der Waals surface area contributed by atoms with E-state index in [1.165, 1.54) is 42.2 Å². The molecule has 4 rings (SSSR count). The van der Waals surface area contributed by atoms with Crippen LogP contribution in [0, 0.1) is 11.8 Å². The van der Waals surface area contributed by atoms with Gasteiger partial charge in [0.05, 0.1) is 16.0 Å². The molecule has 6 heteroatoms. The molecule has 37 heavy (non-hydrogen) atoms. The summed E-state index contributed by atoms with van der Waals surface area (Å²) in [4.78, 5) is 31.0.